The van der Waals surface area contributed by atoms with E-state index in [1.165, 1.54) is 114 Å². The maximum Gasteiger partial charge on any atom is 0.338 e. The van der Waals surface area contributed by atoms with Crippen LogP contribution in [0.3, 0.4) is 0 Å². The Hall–Kier alpha value is -8.90. The summed E-state index contributed by atoms with van der Waals surface area (Å²) in [6.45, 7) is 33.4. The molecule has 2 N–H and O–H groups in total. The molecule has 6 aromatic carbocycles. The van der Waals surface area contributed by atoms with Gasteiger partial charge in [-0.1, -0.05) is 137 Å². The number of hydrogen-bond donors (Lipinski definition) is 2. The van der Waals surface area contributed by atoms with Crippen LogP contribution in [0.2, 0.25) is 0 Å². The Kier molecular flexibility index (Phi) is 38.4. The topological polar surface area (TPSA) is 237 Å². The molecule has 0 saturated heterocycles. The predicted molar refractivity (Wildman–Crippen MR) is 545 cm³/mol. The van der Waals surface area contributed by atoms with E-state index in [4.69, 9.17) is 66.3 Å². The molecule has 22 nitrogen and oxygen atoms in total. The van der Waals surface area contributed by atoms with Crippen molar-refractivity contribution < 1.29 is 75.9 Å². The van der Waals surface area contributed by atoms with Gasteiger partial charge in [0.25, 0.3) is 0 Å². The molecule has 6 aromatic rings. The monoisotopic (exact) mass is 1900 g/mol. The van der Waals surface area contributed by atoms with Crippen LogP contribution in [-0.4, -0.2) is 156 Å². The van der Waals surface area contributed by atoms with Gasteiger partial charge in [-0.25, -0.2) is 9.59 Å². The van der Waals surface area contributed by atoms with Crippen molar-refractivity contribution in [2.24, 2.45) is 113 Å². The first-order valence-electron chi connectivity index (χ1n) is 53.2. The van der Waals surface area contributed by atoms with Crippen molar-refractivity contribution in [2.75, 3.05) is 143 Å². The molecule has 1 heterocycles. The van der Waals surface area contributed by atoms with Crippen LogP contribution in [-0.2, 0) is 37.9 Å². The van der Waals surface area contributed by atoms with E-state index in [1.54, 1.807) is 24.3 Å². The first kappa shape index (κ1) is 103. The number of para-hydroxylation sites is 1. The molecule has 138 heavy (non-hydrogen) atoms. The summed E-state index contributed by atoms with van der Waals surface area (Å²) in [6, 6.07) is 41.4. The second-order valence-corrected chi connectivity index (χ2v) is 42.9. The summed E-state index contributed by atoms with van der Waals surface area (Å²) >= 11 is 0. The number of fused-ring (bicyclic) bond motifs is 12. The van der Waals surface area contributed by atoms with Gasteiger partial charge in [0.15, 0.2) is 23.0 Å². The van der Waals surface area contributed by atoms with Gasteiger partial charge in [-0.15, -0.1) is 0 Å². The van der Waals surface area contributed by atoms with E-state index in [2.05, 4.69) is 112 Å². The summed E-state index contributed by atoms with van der Waals surface area (Å²) in [5, 5.41) is 25.0. The molecule has 6 saturated carbocycles. The number of rotatable bonds is 32. The molecule has 16 atom stereocenters. The summed E-state index contributed by atoms with van der Waals surface area (Å²) in [7, 11) is 0. The lowest BCUT2D eigenvalue weighted by molar-refractivity contribution is -0.0594. The van der Waals surface area contributed by atoms with Crippen molar-refractivity contribution in [3.05, 3.63) is 168 Å². The SMILES string of the molecule is CC(C)CCC[C@@H](C)[C@H]1CC[C@H]2[C@@H]3CC=C4C[C@@H](OC(=O)c5ccc(N=Nc6ccc(OCCCCNc7ccc8c(c7)OCCOCCOCCOCCOc7cccc(NCCCCOc9ccc(N=Nc%10ccc(C(=O)O[C@H]%11CC[C@@]%12(C)C(=CC[C@H]%13[C@@H]%14CC[C@H]([C@H](C)CCCC(C)C)[C@@]%14(C)CC[C@@H]%13%12)C%11)cc%10)cc9)c7OCCOCCOCCOCCO8)cc6)cc5)CC[C@]4(C)[C@H]3CC[C@]12C. The molecular formula is C116H162N6O16. The van der Waals surface area contributed by atoms with Crippen LogP contribution in [0, 0.1) is 92.7 Å². The molecule has 0 aromatic heterocycles. The van der Waals surface area contributed by atoms with E-state index in [-0.39, 0.29) is 35.0 Å². The zero-order valence-electron chi connectivity index (χ0n) is 84.8. The molecule has 0 spiro atoms. The molecule has 9 aliphatic rings. The lowest BCUT2D eigenvalue weighted by Crippen LogP contribution is -2.51. The number of ether oxygens (including phenoxy) is 14. The third kappa shape index (κ3) is 27.7. The standard InChI is InChI=1S/C116H162N6O16/c1-81(2)18-15-20-83(5)100-45-47-102-98-43-28-87-78-96(50-54-113(87,7)104(98)52-56-115(100,102)9)137-111(123)85-24-30-89(31-25-85)119-121-91-34-39-94(40-35-91)131-60-13-11-58-117-93-38-49-107-109(80-93)135-76-72-129-68-64-125-63-67-128-71-75-134-108-23-17-22-106(110(108)136-77-73-130-69-65-126-62-66-127-70-74-133-107)118-59-12-14-61-132-95-41-36-92(37-42-95)122-120-90-32-26-86(27-33-90)112(124)138-97-51-55-114(8)88(79-97)29-44-99-103-48-46-101(84(6)21-16-19-82(3)4)116(103,10)57-53-105(99)114/h17,22-42,49,80-84,96-105,117-118H,11-16,18-21,43-48,50-79H2,1-10H3/t83-,84-,96+,97+,98+,99+,100-,101-,102+,103+,104+,105+,113+,114+,115-,116-/m1/s1. The average Bonchev–Trinajstić information content (AvgIpc) is 1.32. The molecule has 8 aliphatic carbocycles. The highest BCUT2D eigenvalue weighted by Crippen LogP contribution is 2.70. The van der Waals surface area contributed by atoms with Crippen molar-refractivity contribution in [3.63, 3.8) is 0 Å². The summed E-state index contributed by atoms with van der Waals surface area (Å²) in [6.07, 6.45) is 35.7. The van der Waals surface area contributed by atoms with Gasteiger partial charge in [0.05, 0.1) is 132 Å². The molecule has 752 valence electrons. The van der Waals surface area contributed by atoms with Gasteiger partial charge in [-0.2, -0.15) is 20.5 Å². The molecule has 0 unspecified atom stereocenters. The van der Waals surface area contributed by atoms with Crippen molar-refractivity contribution in [1.29, 1.82) is 0 Å². The number of nitrogens with zero attached hydrogens (tertiary/aromatic N) is 4. The molecule has 0 radical (unpaired) electrons. The predicted octanol–water partition coefficient (Wildman–Crippen LogP) is 27.5. The minimum atomic E-state index is -0.272. The molecule has 6 fully saturated rings. The number of esters is 2. The number of anilines is 2. The van der Waals surface area contributed by atoms with Crippen LogP contribution in [0.5, 0.6) is 34.5 Å². The number of allylic oxidation sites excluding steroid dienone is 2. The van der Waals surface area contributed by atoms with Crippen LogP contribution >= 0.6 is 0 Å². The number of nitrogens with one attached hydrogen (secondary N) is 2. The number of benzene rings is 6. The fourth-order valence-electron chi connectivity index (χ4n) is 25.7. The van der Waals surface area contributed by atoms with Gasteiger partial charge < -0.3 is 76.9 Å². The second kappa shape index (κ2) is 51.2. The smallest absolute Gasteiger partial charge is 0.338 e. The number of carbonyl (C=O) groups excluding carboxylic acids is 2. The highest BCUT2D eigenvalue weighted by molar-refractivity contribution is 5.90. The Morgan fingerprint density at radius 3 is 1.22 bits per heavy atom. The van der Waals surface area contributed by atoms with Gasteiger partial charge >= 0.3 is 11.9 Å². The van der Waals surface area contributed by atoms with E-state index in [0.29, 0.717) is 193 Å². The van der Waals surface area contributed by atoms with Gasteiger partial charge in [0, 0.05) is 37.7 Å². The third-order valence-electron chi connectivity index (χ3n) is 33.2. The molecular weight excluding hydrogens is 1730 g/mol. The largest absolute Gasteiger partial charge is 0.494 e. The van der Waals surface area contributed by atoms with Crippen LogP contribution < -0.4 is 39.1 Å². The normalized spacial score (nSPS) is 28.0. The van der Waals surface area contributed by atoms with Crippen molar-refractivity contribution in [2.45, 2.75) is 248 Å². The van der Waals surface area contributed by atoms with Crippen LogP contribution in [0.25, 0.3) is 0 Å². The van der Waals surface area contributed by atoms with E-state index < -0.39 is 0 Å². The number of carbonyl (C=O) groups is 2. The van der Waals surface area contributed by atoms with Crippen molar-refractivity contribution in [3.8, 4) is 34.5 Å². The quantitative estimate of drug-likeness (QED) is 0.0173. The number of hydrogen-bond acceptors (Lipinski definition) is 22. The van der Waals surface area contributed by atoms with Crippen LogP contribution in [0.15, 0.2) is 177 Å². The molecule has 1 aliphatic heterocycles. The van der Waals surface area contributed by atoms with E-state index in [0.717, 1.165) is 165 Å². The van der Waals surface area contributed by atoms with Crippen molar-refractivity contribution >= 4 is 46.1 Å². The van der Waals surface area contributed by atoms with E-state index in [9.17, 15) is 9.59 Å². The van der Waals surface area contributed by atoms with Crippen LogP contribution in [0.4, 0.5) is 34.1 Å². The molecule has 22 heteroatoms. The second-order valence-electron chi connectivity index (χ2n) is 42.9. The highest BCUT2D eigenvalue weighted by atomic mass is 16.6. The Morgan fingerprint density at radius 2 is 0.783 bits per heavy atom. The minimum Gasteiger partial charge on any atom is -0.494 e. The lowest BCUT2D eigenvalue weighted by Gasteiger charge is -2.58. The lowest BCUT2D eigenvalue weighted by atomic mass is 9.47. The molecule has 15 rings (SSSR count). The summed E-state index contributed by atoms with van der Waals surface area (Å²) in [4.78, 5) is 27.2. The van der Waals surface area contributed by atoms with Gasteiger partial charge in [0.1, 0.15) is 50.1 Å². The Bertz CT molecular complexity index is 4880. The minimum absolute atomic E-state index is 0.0987. The molecule has 0 bridgehead atoms. The zero-order valence-corrected chi connectivity index (χ0v) is 84.8. The number of unbranched alkanes of at least 4 members (excludes halogenated alkanes) is 2. The highest BCUT2D eigenvalue weighted by Gasteiger charge is 2.61. The van der Waals surface area contributed by atoms with Crippen LogP contribution in [0.1, 0.15) is 257 Å². The van der Waals surface area contributed by atoms with Gasteiger partial charge in [0.2, 0.25) is 0 Å². The Morgan fingerprint density at radius 1 is 0.384 bits per heavy atom. The summed E-state index contributed by atoms with van der Waals surface area (Å²) < 4.78 is 85.1. The Balaban J connectivity index is 0.421. The molecule has 0 amide bonds. The van der Waals surface area contributed by atoms with Crippen molar-refractivity contribution in [1.82, 2.24) is 0 Å². The van der Waals surface area contributed by atoms with E-state index in [1.807, 2.05) is 109 Å². The average molecular weight is 1900 g/mol. The Labute approximate surface area is 823 Å². The first-order chi connectivity index (χ1) is 67.2. The summed E-state index contributed by atoms with van der Waals surface area (Å²) in [5.41, 5.74) is 9.93. The maximum atomic E-state index is 13.6. The fourth-order valence-corrected chi connectivity index (χ4v) is 25.7. The van der Waals surface area contributed by atoms with Gasteiger partial charge in [-0.05, 0) is 330 Å². The fraction of sp³-hybridized carbons (Fsp3) is 0.638. The summed E-state index contributed by atoms with van der Waals surface area (Å²) in [5.74, 6) is 13.0. The maximum absolute atomic E-state index is 13.6. The number of azo groups is 2. The van der Waals surface area contributed by atoms with E-state index >= 15 is 0 Å². The first-order valence-corrected chi connectivity index (χ1v) is 53.2. The van der Waals surface area contributed by atoms with Gasteiger partial charge in [-0.3, -0.25) is 0 Å². The zero-order chi connectivity index (χ0) is 96.1. The third-order valence-corrected chi connectivity index (χ3v) is 33.2.